The molecule has 1 amide bonds. The lowest BCUT2D eigenvalue weighted by Crippen LogP contribution is -2.49. The van der Waals surface area contributed by atoms with Gasteiger partial charge >= 0.3 is 0 Å². The van der Waals surface area contributed by atoms with Crippen LogP contribution in [0.4, 0.5) is 0 Å². The highest BCUT2D eigenvalue weighted by atomic mass is 16.2. The van der Waals surface area contributed by atoms with Crippen LogP contribution in [-0.2, 0) is 6.54 Å². The van der Waals surface area contributed by atoms with Crippen LogP contribution in [0.15, 0.2) is 24.3 Å². The molecule has 0 spiro atoms. The van der Waals surface area contributed by atoms with Gasteiger partial charge in [-0.2, -0.15) is 0 Å². The van der Waals surface area contributed by atoms with Crippen LogP contribution in [0, 0.1) is 5.92 Å². The van der Waals surface area contributed by atoms with Crippen molar-refractivity contribution in [2.24, 2.45) is 11.7 Å². The molecule has 0 radical (unpaired) electrons. The first-order chi connectivity index (χ1) is 9.76. The van der Waals surface area contributed by atoms with E-state index in [-0.39, 0.29) is 5.91 Å². The van der Waals surface area contributed by atoms with E-state index in [0.29, 0.717) is 6.54 Å². The summed E-state index contributed by atoms with van der Waals surface area (Å²) >= 11 is 0. The van der Waals surface area contributed by atoms with E-state index in [0.717, 1.165) is 43.2 Å². The fraction of sp³-hybridized carbons (Fsp3) is 0.562. The number of nitrogens with two attached hydrogens (primary N) is 1. The third-order valence-corrected chi connectivity index (χ3v) is 4.31. The van der Waals surface area contributed by atoms with Crippen LogP contribution in [0.5, 0.6) is 0 Å². The van der Waals surface area contributed by atoms with Gasteiger partial charge in [0, 0.05) is 44.8 Å². The lowest BCUT2D eigenvalue weighted by atomic mass is 10.1. The zero-order valence-corrected chi connectivity index (χ0v) is 11.9. The number of amides is 1. The van der Waals surface area contributed by atoms with Crippen LogP contribution >= 0.6 is 0 Å². The van der Waals surface area contributed by atoms with E-state index in [1.807, 2.05) is 29.2 Å². The van der Waals surface area contributed by atoms with Gasteiger partial charge < -0.3 is 10.6 Å². The molecule has 3 rings (SSSR count). The van der Waals surface area contributed by atoms with Gasteiger partial charge in [0.2, 0.25) is 0 Å². The molecule has 1 aromatic rings. The molecule has 0 unspecified atom stereocenters. The van der Waals surface area contributed by atoms with Gasteiger partial charge in [0.15, 0.2) is 0 Å². The number of hydrogen-bond donors (Lipinski definition) is 1. The van der Waals surface area contributed by atoms with Gasteiger partial charge in [-0.25, -0.2) is 0 Å². The Kier molecular flexibility index (Phi) is 4.03. The van der Waals surface area contributed by atoms with E-state index in [1.165, 1.54) is 19.4 Å². The molecule has 1 heterocycles. The van der Waals surface area contributed by atoms with Crippen molar-refractivity contribution in [3.63, 3.8) is 0 Å². The van der Waals surface area contributed by atoms with Crippen LogP contribution in [0.3, 0.4) is 0 Å². The minimum Gasteiger partial charge on any atom is -0.336 e. The molecule has 1 saturated heterocycles. The Bertz CT molecular complexity index is 459. The van der Waals surface area contributed by atoms with Gasteiger partial charge in [0.25, 0.3) is 5.91 Å². The van der Waals surface area contributed by atoms with Crippen LogP contribution < -0.4 is 5.73 Å². The normalized spacial score (nSPS) is 20.1. The van der Waals surface area contributed by atoms with Crippen molar-refractivity contribution in [3.05, 3.63) is 35.4 Å². The van der Waals surface area contributed by atoms with E-state index in [2.05, 4.69) is 4.90 Å². The molecular weight excluding hydrogens is 250 g/mol. The van der Waals surface area contributed by atoms with Crippen molar-refractivity contribution in [2.75, 3.05) is 32.7 Å². The molecule has 2 N–H and O–H groups in total. The Hall–Kier alpha value is -1.39. The largest absolute Gasteiger partial charge is 0.336 e. The van der Waals surface area contributed by atoms with Crippen LogP contribution in [0.25, 0.3) is 0 Å². The molecule has 1 aliphatic heterocycles. The van der Waals surface area contributed by atoms with E-state index >= 15 is 0 Å². The predicted octanol–water partition coefficient (Wildman–Crippen LogP) is 1.31. The second-order valence-electron chi connectivity index (χ2n) is 5.94. The summed E-state index contributed by atoms with van der Waals surface area (Å²) in [5, 5.41) is 0. The summed E-state index contributed by atoms with van der Waals surface area (Å²) in [4.78, 5) is 16.9. The Morgan fingerprint density at radius 3 is 2.30 bits per heavy atom. The molecule has 108 valence electrons. The maximum atomic E-state index is 12.4. The van der Waals surface area contributed by atoms with Crippen LogP contribution in [-0.4, -0.2) is 48.4 Å². The average molecular weight is 273 g/mol. The minimum atomic E-state index is 0.152. The van der Waals surface area contributed by atoms with Gasteiger partial charge in [-0.3, -0.25) is 9.69 Å². The third kappa shape index (κ3) is 3.19. The molecule has 1 aromatic carbocycles. The molecule has 0 atom stereocenters. The summed E-state index contributed by atoms with van der Waals surface area (Å²) in [6, 6.07) is 7.66. The maximum Gasteiger partial charge on any atom is 0.253 e. The summed E-state index contributed by atoms with van der Waals surface area (Å²) < 4.78 is 0. The molecule has 20 heavy (non-hydrogen) atoms. The molecule has 1 saturated carbocycles. The fourth-order valence-electron chi connectivity index (χ4n) is 2.77. The molecule has 4 heteroatoms. The quantitative estimate of drug-likeness (QED) is 0.900. The maximum absolute atomic E-state index is 12.4. The van der Waals surface area contributed by atoms with Gasteiger partial charge in [-0.15, -0.1) is 0 Å². The summed E-state index contributed by atoms with van der Waals surface area (Å²) in [7, 11) is 0. The highest BCUT2D eigenvalue weighted by molar-refractivity contribution is 5.94. The number of benzene rings is 1. The van der Waals surface area contributed by atoms with E-state index in [1.54, 1.807) is 0 Å². The first-order valence-corrected chi connectivity index (χ1v) is 7.57. The highest BCUT2D eigenvalue weighted by Crippen LogP contribution is 2.29. The number of rotatable bonds is 4. The van der Waals surface area contributed by atoms with Crippen molar-refractivity contribution in [3.8, 4) is 0 Å². The second kappa shape index (κ2) is 5.94. The van der Waals surface area contributed by atoms with Gasteiger partial charge in [-0.05, 0) is 36.5 Å². The first kappa shape index (κ1) is 13.6. The topological polar surface area (TPSA) is 49.6 Å². The number of piperazine rings is 1. The monoisotopic (exact) mass is 273 g/mol. The van der Waals surface area contributed by atoms with Crippen molar-refractivity contribution in [2.45, 2.75) is 19.4 Å². The molecule has 0 bridgehead atoms. The smallest absolute Gasteiger partial charge is 0.253 e. The third-order valence-electron chi connectivity index (χ3n) is 4.31. The summed E-state index contributed by atoms with van der Waals surface area (Å²) in [6.45, 7) is 5.49. The standard InChI is InChI=1S/C16H23N3O/c17-11-13-3-5-15(6-4-13)16(20)19-9-7-18(8-10-19)12-14-1-2-14/h3-6,14H,1-2,7-12,17H2. The van der Waals surface area contributed by atoms with E-state index in [4.69, 9.17) is 5.73 Å². The van der Waals surface area contributed by atoms with Gasteiger partial charge in [0.05, 0.1) is 0 Å². The fourth-order valence-corrected chi connectivity index (χ4v) is 2.77. The Balaban J connectivity index is 1.54. The van der Waals surface area contributed by atoms with Crippen molar-refractivity contribution in [1.29, 1.82) is 0 Å². The number of nitrogens with zero attached hydrogens (tertiary/aromatic N) is 2. The van der Waals surface area contributed by atoms with Crippen molar-refractivity contribution < 1.29 is 4.79 Å². The summed E-state index contributed by atoms with van der Waals surface area (Å²) in [6.07, 6.45) is 2.79. The summed E-state index contributed by atoms with van der Waals surface area (Å²) in [5.41, 5.74) is 7.42. The minimum absolute atomic E-state index is 0.152. The molecule has 1 aliphatic carbocycles. The van der Waals surface area contributed by atoms with E-state index in [9.17, 15) is 4.79 Å². The summed E-state index contributed by atoms with van der Waals surface area (Å²) in [5.74, 6) is 1.08. The number of carbonyl (C=O) groups excluding carboxylic acids is 1. The first-order valence-electron chi connectivity index (χ1n) is 7.57. The number of carbonyl (C=O) groups is 1. The highest BCUT2D eigenvalue weighted by Gasteiger charge is 2.27. The Labute approximate surface area is 120 Å². The van der Waals surface area contributed by atoms with Crippen molar-refractivity contribution >= 4 is 5.91 Å². The predicted molar refractivity (Wildman–Crippen MR) is 79.4 cm³/mol. The zero-order chi connectivity index (χ0) is 13.9. The Morgan fingerprint density at radius 1 is 1.10 bits per heavy atom. The lowest BCUT2D eigenvalue weighted by Gasteiger charge is -2.34. The molecule has 2 fully saturated rings. The molecule has 0 aromatic heterocycles. The van der Waals surface area contributed by atoms with Crippen LogP contribution in [0.1, 0.15) is 28.8 Å². The zero-order valence-electron chi connectivity index (χ0n) is 11.9. The van der Waals surface area contributed by atoms with Crippen molar-refractivity contribution in [1.82, 2.24) is 9.80 Å². The van der Waals surface area contributed by atoms with Gasteiger partial charge in [-0.1, -0.05) is 12.1 Å². The Morgan fingerprint density at radius 2 is 1.75 bits per heavy atom. The molecule has 2 aliphatic rings. The molecular formula is C16H23N3O. The lowest BCUT2D eigenvalue weighted by molar-refractivity contribution is 0.0632. The number of hydrogen-bond acceptors (Lipinski definition) is 3. The SMILES string of the molecule is NCc1ccc(C(=O)N2CCN(CC3CC3)CC2)cc1. The molecule has 4 nitrogen and oxygen atoms in total. The van der Waals surface area contributed by atoms with Gasteiger partial charge in [0.1, 0.15) is 0 Å². The van der Waals surface area contributed by atoms with E-state index < -0.39 is 0 Å². The second-order valence-corrected chi connectivity index (χ2v) is 5.94. The average Bonchev–Trinajstić information content (AvgIpc) is 3.31. The van der Waals surface area contributed by atoms with Crippen LogP contribution in [0.2, 0.25) is 0 Å².